The van der Waals surface area contributed by atoms with E-state index in [-0.39, 0.29) is 0 Å². The molecule has 2 heterocycles. The average molecular weight is 245 g/mol. The molecule has 1 aromatic heterocycles. The first-order chi connectivity index (χ1) is 8.55. The van der Waals surface area contributed by atoms with Crippen molar-refractivity contribution in [3.8, 4) is 6.07 Å². The van der Waals surface area contributed by atoms with Crippen molar-refractivity contribution < 1.29 is 9.90 Å². The summed E-state index contributed by atoms with van der Waals surface area (Å²) < 4.78 is 0. The molecule has 0 saturated carbocycles. The Morgan fingerprint density at radius 2 is 2.17 bits per heavy atom. The van der Waals surface area contributed by atoms with Crippen molar-refractivity contribution in [2.24, 2.45) is 5.41 Å². The maximum absolute atomic E-state index is 11.1. The van der Waals surface area contributed by atoms with Crippen molar-refractivity contribution in [1.29, 1.82) is 5.26 Å². The van der Waals surface area contributed by atoms with E-state index in [9.17, 15) is 4.79 Å². The van der Waals surface area contributed by atoms with Crippen LogP contribution in [-0.2, 0) is 4.79 Å². The molecule has 0 aromatic carbocycles. The fourth-order valence-electron chi connectivity index (χ4n) is 2.11. The van der Waals surface area contributed by atoms with Gasteiger partial charge in [-0.25, -0.2) is 4.98 Å². The summed E-state index contributed by atoms with van der Waals surface area (Å²) in [5, 5.41) is 17.8. The van der Waals surface area contributed by atoms with E-state index in [4.69, 9.17) is 10.4 Å². The van der Waals surface area contributed by atoms with Crippen LogP contribution in [0.4, 0.5) is 5.69 Å². The fourth-order valence-corrected chi connectivity index (χ4v) is 2.11. The van der Waals surface area contributed by atoms with Gasteiger partial charge in [0.25, 0.3) is 0 Å². The molecule has 1 fully saturated rings. The van der Waals surface area contributed by atoms with Crippen molar-refractivity contribution >= 4 is 11.7 Å². The van der Waals surface area contributed by atoms with E-state index in [1.807, 2.05) is 12.1 Å². The number of nitrogens with zero attached hydrogens (tertiary/aromatic N) is 3. The van der Waals surface area contributed by atoms with Gasteiger partial charge in [-0.1, -0.05) is 0 Å². The smallest absolute Gasteiger partial charge is 0.309 e. The molecule has 0 spiro atoms. The first kappa shape index (κ1) is 12.4. The third-order valence-corrected chi connectivity index (χ3v) is 3.61. The second-order valence-corrected chi connectivity index (χ2v) is 4.87. The first-order valence-corrected chi connectivity index (χ1v) is 5.90. The van der Waals surface area contributed by atoms with Gasteiger partial charge in [0.15, 0.2) is 0 Å². The third-order valence-electron chi connectivity index (χ3n) is 3.61. The molecular formula is C13H15N3O2. The molecule has 94 valence electrons. The molecule has 0 radical (unpaired) electrons. The molecule has 0 unspecified atom stereocenters. The molecule has 1 aliphatic rings. The molecule has 1 N–H and O–H groups in total. The number of rotatable bonds is 2. The number of pyridine rings is 1. The lowest BCUT2D eigenvalue weighted by Crippen LogP contribution is -2.42. The van der Waals surface area contributed by atoms with E-state index < -0.39 is 11.4 Å². The molecule has 1 aromatic rings. The van der Waals surface area contributed by atoms with E-state index in [2.05, 4.69) is 9.88 Å². The van der Waals surface area contributed by atoms with Crippen molar-refractivity contribution in [3.05, 3.63) is 24.0 Å². The van der Waals surface area contributed by atoms with Crippen molar-refractivity contribution in [1.82, 2.24) is 4.98 Å². The quantitative estimate of drug-likeness (QED) is 0.857. The van der Waals surface area contributed by atoms with Gasteiger partial charge in [0, 0.05) is 13.1 Å². The SMILES string of the molecule is CC1(C(=O)O)CCN(c2ccc(C#N)nc2)CC1. The Kier molecular flexibility index (Phi) is 3.19. The van der Waals surface area contributed by atoms with Gasteiger partial charge in [0.05, 0.1) is 17.3 Å². The maximum atomic E-state index is 11.1. The van der Waals surface area contributed by atoms with Crippen LogP contribution < -0.4 is 4.90 Å². The molecule has 0 aliphatic carbocycles. The number of hydrogen-bond acceptors (Lipinski definition) is 4. The minimum Gasteiger partial charge on any atom is -0.481 e. The molecule has 5 nitrogen and oxygen atoms in total. The predicted octanol–water partition coefficient (Wildman–Crippen LogP) is 1.64. The minimum absolute atomic E-state index is 0.395. The standard InChI is InChI=1S/C13H15N3O2/c1-13(12(17)18)4-6-16(7-5-13)11-3-2-10(8-14)15-9-11/h2-3,9H,4-7H2,1H3,(H,17,18). The predicted molar refractivity (Wildman–Crippen MR) is 66.1 cm³/mol. The highest BCUT2D eigenvalue weighted by Gasteiger charge is 2.36. The average Bonchev–Trinajstić information content (AvgIpc) is 2.40. The fraction of sp³-hybridized carbons (Fsp3) is 0.462. The Bertz CT molecular complexity index is 482. The summed E-state index contributed by atoms with van der Waals surface area (Å²) in [4.78, 5) is 17.3. The summed E-state index contributed by atoms with van der Waals surface area (Å²) in [6, 6.07) is 5.51. The van der Waals surface area contributed by atoms with Gasteiger partial charge in [-0.15, -0.1) is 0 Å². The minimum atomic E-state index is -0.722. The summed E-state index contributed by atoms with van der Waals surface area (Å²) in [6.07, 6.45) is 2.92. The molecule has 18 heavy (non-hydrogen) atoms. The molecule has 2 rings (SSSR count). The van der Waals surface area contributed by atoms with E-state index in [1.165, 1.54) is 0 Å². The van der Waals surface area contributed by atoms with Crippen LogP contribution in [0.15, 0.2) is 18.3 Å². The molecule has 0 amide bonds. The lowest BCUT2D eigenvalue weighted by Gasteiger charge is -2.37. The first-order valence-electron chi connectivity index (χ1n) is 5.90. The molecule has 0 bridgehead atoms. The summed E-state index contributed by atoms with van der Waals surface area (Å²) >= 11 is 0. The van der Waals surface area contributed by atoms with Crippen LogP contribution in [0.1, 0.15) is 25.5 Å². The van der Waals surface area contributed by atoms with Gasteiger partial charge in [-0.05, 0) is 31.9 Å². The Morgan fingerprint density at radius 1 is 1.50 bits per heavy atom. The van der Waals surface area contributed by atoms with Gasteiger partial charge < -0.3 is 10.0 Å². The van der Waals surface area contributed by atoms with Crippen LogP contribution in [-0.4, -0.2) is 29.1 Å². The number of nitriles is 1. The zero-order valence-electron chi connectivity index (χ0n) is 10.3. The number of carboxylic acids is 1. The normalized spacial score (nSPS) is 18.1. The number of carboxylic acid groups (broad SMARTS) is 1. The number of anilines is 1. The summed E-state index contributed by atoms with van der Waals surface area (Å²) in [5.41, 5.74) is 0.726. The van der Waals surface area contributed by atoms with Crippen molar-refractivity contribution in [3.63, 3.8) is 0 Å². The number of hydrogen-bond donors (Lipinski definition) is 1. The molecule has 0 atom stereocenters. The zero-order valence-corrected chi connectivity index (χ0v) is 10.3. The highest BCUT2D eigenvalue weighted by molar-refractivity contribution is 5.74. The molecule has 5 heteroatoms. The highest BCUT2D eigenvalue weighted by Crippen LogP contribution is 2.32. The summed E-state index contributed by atoms with van der Waals surface area (Å²) in [6.45, 7) is 3.20. The Hall–Kier alpha value is -2.09. The number of piperidine rings is 1. The Balaban J connectivity index is 2.05. The van der Waals surface area contributed by atoms with Crippen molar-refractivity contribution in [2.45, 2.75) is 19.8 Å². The lowest BCUT2D eigenvalue weighted by atomic mass is 9.80. The van der Waals surface area contributed by atoms with Crippen LogP contribution in [0.5, 0.6) is 0 Å². The second-order valence-electron chi connectivity index (χ2n) is 4.87. The number of carbonyl (C=O) groups is 1. The molecule has 1 saturated heterocycles. The Labute approximate surface area is 106 Å². The van der Waals surface area contributed by atoms with Crippen LogP contribution in [0.25, 0.3) is 0 Å². The second kappa shape index (κ2) is 4.65. The lowest BCUT2D eigenvalue weighted by molar-refractivity contribution is -0.149. The molecular weight excluding hydrogens is 230 g/mol. The number of aromatic nitrogens is 1. The van der Waals surface area contributed by atoms with Gasteiger partial charge >= 0.3 is 5.97 Å². The van der Waals surface area contributed by atoms with Crippen molar-refractivity contribution in [2.75, 3.05) is 18.0 Å². The van der Waals surface area contributed by atoms with Gasteiger partial charge in [-0.2, -0.15) is 5.26 Å². The van der Waals surface area contributed by atoms with Crippen LogP contribution in [0.2, 0.25) is 0 Å². The van der Waals surface area contributed by atoms with Crippen LogP contribution in [0.3, 0.4) is 0 Å². The van der Waals surface area contributed by atoms with Gasteiger partial charge in [0.1, 0.15) is 11.8 Å². The highest BCUT2D eigenvalue weighted by atomic mass is 16.4. The zero-order chi connectivity index (χ0) is 13.2. The monoisotopic (exact) mass is 245 g/mol. The van der Waals surface area contributed by atoms with Crippen LogP contribution >= 0.6 is 0 Å². The summed E-state index contributed by atoms with van der Waals surface area (Å²) in [5.74, 6) is -0.722. The molecule has 1 aliphatic heterocycles. The summed E-state index contributed by atoms with van der Waals surface area (Å²) in [7, 11) is 0. The maximum Gasteiger partial charge on any atom is 0.309 e. The largest absolute Gasteiger partial charge is 0.481 e. The van der Waals surface area contributed by atoms with Crippen LogP contribution in [0, 0.1) is 16.7 Å². The van der Waals surface area contributed by atoms with Gasteiger partial charge in [-0.3, -0.25) is 4.79 Å². The Morgan fingerprint density at radius 3 is 2.61 bits per heavy atom. The number of aliphatic carboxylic acids is 1. The van der Waals surface area contributed by atoms with E-state index >= 15 is 0 Å². The topological polar surface area (TPSA) is 77.2 Å². The van der Waals surface area contributed by atoms with E-state index in [0.29, 0.717) is 31.6 Å². The van der Waals surface area contributed by atoms with E-state index in [0.717, 1.165) is 5.69 Å². The third kappa shape index (κ3) is 2.28. The van der Waals surface area contributed by atoms with E-state index in [1.54, 1.807) is 19.2 Å². The van der Waals surface area contributed by atoms with Gasteiger partial charge in [0.2, 0.25) is 0 Å².